The molecule has 0 aliphatic heterocycles. The molecule has 1 aromatic rings. The van der Waals surface area contributed by atoms with E-state index >= 15 is 0 Å². The summed E-state index contributed by atoms with van der Waals surface area (Å²) in [5.41, 5.74) is 1.82. The normalized spacial score (nSPS) is 17.6. The first-order valence-corrected chi connectivity index (χ1v) is 6.04. The lowest BCUT2D eigenvalue weighted by Crippen LogP contribution is -1.82. The number of hydrogen-bond donors (Lipinski definition) is 0. The monoisotopic (exact) mass is 286 g/mol. The Hall–Kier alpha value is -0.890. The van der Waals surface area contributed by atoms with Crippen molar-refractivity contribution in [2.75, 3.05) is 7.11 Å². The van der Waals surface area contributed by atoms with E-state index in [4.69, 9.17) is 39.5 Å². The highest BCUT2D eigenvalue weighted by molar-refractivity contribution is 6.50. The highest BCUT2D eigenvalue weighted by Crippen LogP contribution is 2.38. The molecule has 1 aliphatic rings. The van der Waals surface area contributed by atoms with Crippen LogP contribution in [0.5, 0.6) is 5.75 Å². The van der Waals surface area contributed by atoms with Crippen molar-refractivity contribution in [2.45, 2.75) is 0 Å². The van der Waals surface area contributed by atoms with Crippen LogP contribution >= 0.6 is 34.8 Å². The lowest BCUT2D eigenvalue weighted by Gasteiger charge is -2.00. The van der Waals surface area contributed by atoms with Gasteiger partial charge >= 0.3 is 0 Å². The summed E-state index contributed by atoms with van der Waals surface area (Å²) in [6, 6.07) is 7.63. The Morgan fingerprint density at radius 3 is 2.12 bits per heavy atom. The molecule has 0 bridgehead atoms. The zero-order chi connectivity index (χ0) is 12.4. The zero-order valence-electron chi connectivity index (χ0n) is 9.01. The molecule has 0 amide bonds. The molecule has 1 nitrogen and oxygen atoms in total. The minimum atomic E-state index is 0.396. The molecule has 4 heteroatoms. The molecule has 0 atom stereocenters. The first kappa shape index (κ1) is 12.6. The molecule has 0 saturated heterocycles. The Kier molecular flexibility index (Phi) is 3.82. The SMILES string of the molecule is COc1ccc(/C=C2\C=C(Cl)C(Cl)=C2Cl)cc1. The lowest BCUT2D eigenvalue weighted by atomic mass is 10.1. The van der Waals surface area contributed by atoms with Crippen LogP contribution in [0, 0.1) is 0 Å². The van der Waals surface area contributed by atoms with E-state index in [-0.39, 0.29) is 0 Å². The minimum Gasteiger partial charge on any atom is -0.497 e. The molecule has 0 saturated carbocycles. The molecule has 0 radical (unpaired) electrons. The van der Waals surface area contributed by atoms with Crippen LogP contribution in [0.4, 0.5) is 0 Å². The standard InChI is InChI=1S/C13H9Cl3O/c1-17-10-4-2-8(3-5-10)6-9-7-11(14)13(16)12(9)15/h2-7H,1H3/b9-6+. The Labute approximate surface area is 115 Å². The van der Waals surface area contributed by atoms with E-state index in [0.717, 1.165) is 16.9 Å². The average molecular weight is 288 g/mol. The maximum Gasteiger partial charge on any atom is 0.118 e. The number of rotatable bonds is 2. The van der Waals surface area contributed by atoms with Gasteiger partial charge in [-0.05, 0) is 35.4 Å². The van der Waals surface area contributed by atoms with Gasteiger partial charge in [-0.1, -0.05) is 46.9 Å². The first-order valence-electron chi connectivity index (χ1n) is 4.91. The number of methoxy groups -OCH3 is 1. The molecule has 0 aromatic heterocycles. The van der Waals surface area contributed by atoms with Crippen LogP contribution in [0.3, 0.4) is 0 Å². The third-order valence-electron chi connectivity index (χ3n) is 2.38. The second-order valence-electron chi connectivity index (χ2n) is 3.49. The Morgan fingerprint density at radius 1 is 1.00 bits per heavy atom. The minimum absolute atomic E-state index is 0.396. The average Bonchev–Trinajstić information content (AvgIpc) is 2.58. The zero-order valence-corrected chi connectivity index (χ0v) is 11.3. The van der Waals surface area contributed by atoms with Gasteiger partial charge in [-0.3, -0.25) is 0 Å². The summed E-state index contributed by atoms with van der Waals surface area (Å²) in [6.07, 6.45) is 3.66. The van der Waals surface area contributed by atoms with Crippen molar-refractivity contribution in [3.05, 3.63) is 56.6 Å². The lowest BCUT2D eigenvalue weighted by molar-refractivity contribution is 0.415. The number of benzene rings is 1. The highest BCUT2D eigenvalue weighted by Gasteiger charge is 2.17. The van der Waals surface area contributed by atoms with Crippen molar-refractivity contribution in [1.82, 2.24) is 0 Å². The predicted molar refractivity (Wildman–Crippen MR) is 73.6 cm³/mol. The Balaban J connectivity index is 2.32. The van der Waals surface area contributed by atoms with Crippen LogP contribution in [-0.2, 0) is 0 Å². The van der Waals surface area contributed by atoms with E-state index < -0.39 is 0 Å². The van der Waals surface area contributed by atoms with Gasteiger partial charge < -0.3 is 4.74 Å². The first-order chi connectivity index (χ1) is 8.11. The topological polar surface area (TPSA) is 9.23 Å². The second kappa shape index (κ2) is 5.18. The fourth-order valence-electron chi connectivity index (χ4n) is 1.48. The van der Waals surface area contributed by atoms with Crippen LogP contribution in [0.25, 0.3) is 6.08 Å². The van der Waals surface area contributed by atoms with Crippen molar-refractivity contribution in [1.29, 1.82) is 0 Å². The molecule has 0 fully saturated rings. The summed E-state index contributed by atoms with van der Waals surface area (Å²) >= 11 is 17.9. The summed E-state index contributed by atoms with van der Waals surface area (Å²) in [6.45, 7) is 0. The number of allylic oxidation sites excluding steroid dienone is 5. The van der Waals surface area contributed by atoms with Gasteiger partial charge in [-0.25, -0.2) is 0 Å². The summed E-state index contributed by atoms with van der Waals surface area (Å²) in [5, 5.41) is 1.34. The molecular weight excluding hydrogens is 279 g/mol. The number of ether oxygens (including phenoxy) is 1. The maximum absolute atomic E-state index is 6.05. The van der Waals surface area contributed by atoms with Crippen LogP contribution in [0.1, 0.15) is 5.56 Å². The van der Waals surface area contributed by atoms with Gasteiger partial charge in [0.15, 0.2) is 0 Å². The molecular formula is C13H9Cl3O. The van der Waals surface area contributed by atoms with E-state index in [1.807, 2.05) is 30.3 Å². The van der Waals surface area contributed by atoms with Crippen molar-refractivity contribution < 1.29 is 4.74 Å². The number of halogens is 3. The fraction of sp³-hybridized carbons (Fsp3) is 0.0769. The van der Waals surface area contributed by atoms with Gasteiger partial charge in [0.1, 0.15) is 5.75 Å². The smallest absolute Gasteiger partial charge is 0.118 e. The summed E-state index contributed by atoms with van der Waals surface area (Å²) in [7, 11) is 1.63. The van der Waals surface area contributed by atoms with E-state index in [0.29, 0.717) is 15.1 Å². The highest BCUT2D eigenvalue weighted by atomic mass is 35.5. The van der Waals surface area contributed by atoms with Crippen LogP contribution in [-0.4, -0.2) is 7.11 Å². The Bertz CT molecular complexity index is 524. The molecule has 1 aliphatic carbocycles. The third-order valence-corrected chi connectivity index (χ3v) is 3.67. The molecule has 0 heterocycles. The molecule has 2 rings (SSSR count). The van der Waals surface area contributed by atoms with Gasteiger partial charge in [-0.2, -0.15) is 0 Å². The van der Waals surface area contributed by atoms with Crippen LogP contribution in [0.2, 0.25) is 0 Å². The molecule has 0 unspecified atom stereocenters. The second-order valence-corrected chi connectivity index (χ2v) is 4.66. The maximum atomic E-state index is 6.05. The van der Waals surface area contributed by atoms with Crippen molar-refractivity contribution in [3.8, 4) is 5.75 Å². The quantitative estimate of drug-likeness (QED) is 0.751. The van der Waals surface area contributed by atoms with Gasteiger partial charge in [0, 0.05) is 0 Å². The van der Waals surface area contributed by atoms with Crippen molar-refractivity contribution in [2.24, 2.45) is 0 Å². The van der Waals surface area contributed by atoms with E-state index in [1.54, 1.807) is 13.2 Å². The van der Waals surface area contributed by atoms with Crippen LogP contribution < -0.4 is 4.74 Å². The number of hydrogen-bond acceptors (Lipinski definition) is 1. The molecule has 1 aromatic carbocycles. The molecule has 0 spiro atoms. The molecule has 17 heavy (non-hydrogen) atoms. The predicted octanol–water partition coefficient (Wildman–Crippen LogP) is 4.90. The largest absolute Gasteiger partial charge is 0.497 e. The fourth-order valence-corrected chi connectivity index (χ4v) is 2.11. The van der Waals surface area contributed by atoms with Crippen molar-refractivity contribution in [3.63, 3.8) is 0 Å². The van der Waals surface area contributed by atoms with Crippen LogP contribution in [0.15, 0.2) is 51.0 Å². The molecule has 0 N–H and O–H groups in total. The van der Waals surface area contributed by atoms with E-state index in [9.17, 15) is 0 Å². The summed E-state index contributed by atoms with van der Waals surface area (Å²) < 4.78 is 5.08. The van der Waals surface area contributed by atoms with E-state index in [2.05, 4.69) is 0 Å². The molecule has 88 valence electrons. The van der Waals surface area contributed by atoms with Gasteiger partial charge in [0.2, 0.25) is 0 Å². The summed E-state index contributed by atoms with van der Waals surface area (Å²) in [5.74, 6) is 0.812. The van der Waals surface area contributed by atoms with Gasteiger partial charge in [-0.15, -0.1) is 0 Å². The van der Waals surface area contributed by atoms with Gasteiger partial charge in [0.05, 0.1) is 22.2 Å². The van der Waals surface area contributed by atoms with Gasteiger partial charge in [0.25, 0.3) is 0 Å². The van der Waals surface area contributed by atoms with E-state index in [1.165, 1.54) is 0 Å². The summed E-state index contributed by atoms with van der Waals surface area (Å²) in [4.78, 5) is 0. The third kappa shape index (κ3) is 2.68. The Morgan fingerprint density at radius 2 is 1.65 bits per heavy atom. The van der Waals surface area contributed by atoms with Crippen molar-refractivity contribution >= 4 is 40.9 Å².